The first-order valence-electron chi connectivity index (χ1n) is 7.52. The zero-order valence-electron chi connectivity index (χ0n) is 13.1. The van der Waals surface area contributed by atoms with E-state index in [0.29, 0.717) is 18.9 Å². The summed E-state index contributed by atoms with van der Waals surface area (Å²) in [6, 6.07) is -0.531. The minimum absolute atomic E-state index is 0.0874. The third-order valence-corrected chi connectivity index (χ3v) is 3.77. The monoisotopic (exact) mass is 284 g/mol. The number of methoxy groups -OCH3 is 1. The maximum Gasteiger partial charge on any atom is 0.328 e. The molecule has 5 heteroatoms. The van der Waals surface area contributed by atoms with Crippen LogP contribution in [0.4, 0.5) is 0 Å². The Morgan fingerprint density at radius 3 is 2.40 bits per heavy atom. The summed E-state index contributed by atoms with van der Waals surface area (Å²) in [5.74, 6) is 0.628. The summed E-state index contributed by atoms with van der Waals surface area (Å²) in [4.78, 5) is 25.9. The van der Waals surface area contributed by atoms with Crippen LogP contribution in [-0.4, -0.2) is 49.6 Å². The Bertz CT molecular complexity index is 323. The molecule has 0 radical (unpaired) electrons. The van der Waals surface area contributed by atoms with E-state index in [1.54, 1.807) is 0 Å². The van der Waals surface area contributed by atoms with Gasteiger partial charge in [-0.3, -0.25) is 9.69 Å². The van der Waals surface area contributed by atoms with E-state index in [0.717, 1.165) is 31.8 Å². The maximum atomic E-state index is 12.0. The Balaban J connectivity index is 2.43. The van der Waals surface area contributed by atoms with E-state index in [4.69, 9.17) is 4.74 Å². The van der Waals surface area contributed by atoms with Crippen LogP contribution in [0, 0.1) is 11.8 Å². The highest BCUT2D eigenvalue weighted by atomic mass is 16.5. The predicted octanol–water partition coefficient (Wildman–Crippen LogP) is 1.42. The molecule has 1 amide bonds. The predicted molar refractivity (Wildman–Crippen MR) is 78.2 cm³/mol. The number of nitrogens with one attached hydrogen (secondary N) is 1. The van der Waals surface area contributed by atoms with Crippen LogP contribution in [-0.2, 0) is 14.3 Å². The first kappa shape index (κ1) is 17.0. The molecule has 5 nitrogen and oxygen atoms in total. The van der Waals surface area contributed by atoms with Gasteiger partial charge in [0.2, 0.25) is 5.91 Å². The molecular weight excluding hydrogens is 256 g/mol. The molecule has 1 aliphatic heterocycles. The van der Waals surface area contributed by atoms with Crippen LogP contribution >= 0.6 is 0 Å². The van der Waals surface area contributed by atoms with E-state index < -0.39 is 6.04 Å². The van der Waals surface area contributed by atoms with E-state index in [-0.39, 0.29) is 11.9 Å². The van der Waals surface area contributed by atoms with Crippen molar-refractivity contribution in [3.05, 3.63) is 0 Å². The molecule has 1 aliphatic rings. The topological polar surface area (TPSA) is 58.6 Å². The Morgan fingerprint density at radius 2 is 1.90 bits per heavy atom. The van der Waals surface area contributed by atoms with Crippen LogP contribution in [0.3, 0.4) is 0 Å². The summed E-state index contributed by atoms with van der Waals surface area (Å²) in [5.41, 5.74) is 0. The molecular formula is C15H28N2O3. The Labute approximate surface area is 122 Å². The maximum absolute atomic E-state index is 12.0. The number of rotatable bonds is 6. The fourth-order valence-corrected chi connectivity index (χ4v) is 2.49. The normalized spacial score (nSPS) is 18.9. The van der Waals surface area contributed by atoms with Crippen molar-refractivity contribution in [2.75, 3.05) is 26.7 Å². The zero-order valence-corrected chi connectivity index (χ0v) is 13.1. The number of ether oxygens (including phenoxy) is 1. The molecule has 0 saturated carbocycles. The van der Waals surface area contributed by atoms with Crippen molar-refractivity contribution in [3.8, 4) is 0 Å². The molecule has 1 saturated heterocycles. The van der Waals surface area contributed by atoms with Gasteiger partial charge in [0.15, 0.2) is 0 Å². The summed E-state index contributed by atoms with van der Waals surface area (Å²) < 4.78 is 4.75. The highest BCUT2D eigenvalue weighted by molar-refractivity contribution is 5.85. The average Bonchev–Trinajstić information content (AvgIpc) is 2.39. The third kappa shape index (κ3) is 5.90. The highest BCUT2D eigenvalue weighted by Gasteiger charge is 2.24. The average molecular weight is 284 g/mol. The molecule has 1 N–H and O–H groups in total. The second-order valence-electron chi connectivity index (χ2n) is 6.23. The molecule has 1 fully saturated rings. The fraction of sp³-hybridized carbons (Fsp3) is 0.867. The summed E-state index contributed by atoms with van der Waals surface area (Å²) in [6.45, 7) is 8.58. The molecule has 0 aromatic heterocycles. The van der Waals surface area contributed by atoms with E-state index in [2.05, 4.69) is 17.1 Å². The number of hydrogen-bond donors (Lipinski definition) is 1. The van der Waals surface area contributed by atoms with Crippen LogP contribution in [0.5, 0.6) is 0 Å². The van der Waals surface area contributed by atoms with Crippen molar-refractivity contribution in [1.29, 1.82) is 0 Å². The van der Waals surface area contributed by atoms with Gasteiger partial charge in [0.1, 0.15) is 6.04 Å². The number of hydrogen-bond acceptors (Lipinski definition) is 4. The summed E-state index contributed by atoms with van der Waals surface area (Å²) in [5, 5.41) is 2.80. The van der Waals surface area contributed by atoms with Gasteiger partial charge in [-0.2, -0.15) is 0 Å². The smallest absolute Gasteiger partial charge is 0.328 e. The number of carbonyl (C=O) groups excluding carboxylic acids is 2. The second kappa shape index (κ2) is 8.25. The van der Waals surface area contributed by atoms with Crippen LogP contribution < -0.4 is 5.32 Å². The van der Waals surface area contributed by atoms with Crippen molar-refractivity contribution >= 4 is 11.9 Å². The lowest BCUT2D eigenvalue weighted by molar-refractivity contribution is -0.145. The fourth-order valence-electron chi connectivity index (χ4n) is 2.49. The van der Waals surface area contributed by atoms with Crippen molar-refractivity contribution < 1.29 is 14.3 Å². The lowest BCUT2D eigenvalue weighted by atomic mass is 9.99. The Morgan fingerprint density at radius 1 is 1.30 bits per heavy atom. The van der Waals surface area contributed by atoms with E-state index in [1.807, 2.05) is 13.8 Å². The molecule has 20 heavy (non-hydrogen) atoms. The SMILES string of the molecule is COC(=O)C(CC(C)C)NC(=O)CN1CCC(C)CC1. The molecule has 1 rings (SSSR count). The Kier molecular flexibility index (Phi) is 6.99. The lowest BCUT2D eigenvalue weighted by Crippen LogP contribution is -2.47. The Hall–Kier alpha value is -1.10. The van der Waals surface area contributed by atoms with Gasteiger partial charge < -0.3 is 10.1 Å². The molecule has 1 unspecified atom stereocenters. The standard InChI is InChI=1S/C15H28N2O3/c1-11(2)9-13(15(19)20-4)16-14(18)10-17-7-5-12(3)6-8-17/h11-13H,5-10H2,1-4H3,(H,16,18). The molecule has 0 bridgehead atoms. The largest absolute Gasteiger partial charge is 0.467 e. The third-order valence-electron chi connectivity index (χ3n) is 3.77. The van der Waals surface area contributed by atoms with Gasteiger partial charge >= 0.3 is 5.97 Å². The van der Waals surface area contributed by atoms with Gasteiger partial charge in [-0.15, -0.1) is 0 Å². The zero-order chi connectivity index (χ0) is 15.1. The number of nitrogens with zero attached hydrogens (tertiary/aromatic N) is 1. The van der Waals surface area contributed by atoms with E-state index in [1.165, 1.54) is 7.11 Å². The van der Waals surface area contributed by atoms with E-state index >= 15 is 0 Å². The van der Waals surface area contributed by atoms with Crippen LogP contribution in [0.2, 0.25) is 0 Å². The van der Waals surface area contributed by atoms with Gasteiger partial charge in [-0.1, -0.05) is 20.8 Å². The first-order valence-corrected chi connectivity index (χ1v) is 7.52. The minimum atomic E-state index is -0.531. The first-order chi connectivity index (χ1) is 9.42. The summed E-state index contributed by atoms with van der Waals surface area (Å²) >= 11 is 0. The van der Waals surface area contributed by atoms with Crippen molar-refractivity contribution in [2.45, 2.75) is 46.1 Å². The van der Waals surface area contributed by atoms with Gasteiger partial charge in [-0.25, -0.2) is 4.79 Å². The van der Waals surface area contributed by atoms with Crippen molar-refractivity contribution in [1.82, 2.24) is 10.2 Å². The number of carbonyl (C=O) groups is 2. The van der Waals surface area contributed by atoms with Gasteiger partial charge in [0.25, 0.3) is 0 Å². The minimum Gasteiger partial charge on any atom is -0.467 e. The van der Waals surface area contributed by atoms with Crippen molar-refractivity contribution in [3.63, 3.8) is 0 Å². The molecule has 0 spiro atoms. The molecule has 1 atom stereocenters. The molecule has 1 heterocycles. The molecule has 0 aromatic carbocycles. The highest BCUT2D eigenvalue weighted by Crippen LogP contribution is 2.15. The molecule has 0 aliphatic carbocycles. The summed E-state index contributed by atoms with van der Waals surface area (Å²) in [7, 11) is 1.36. The number of likely N-dealkylation sites (tertiary alicyclic amines) is 1. The van der Waals surface area contributed by atoms with Crippen molar-refractivity contribution in [2.24, 2.45) is 11.8 Å². The second-order valence-corrected chi connectivity index (χ2v) is 6.23. The molecule has 0 aromatic rings. The quantitative estimate of drug-likeness (QED) is 0.750. The number of amides is 1. The van der Waals surface area contributed by atoms with Crippen LogP contribution in [0.25, 0.3) is 0 Å². The van der Waals surface area contributed by atoms with E-state index in [9.17, 15) is 9.59 Å². The summed E-state index contributed by atoms with van der Waals surface area (Å²) in [6.07, 6.45) is 2.88. The lowest BCUT2D eigenvalue weighted by Gasteiger charge is -2.30. The number of piperidine rings is 1. The van der Waals surface area contributed by atoms with Crippen LogP contribution in [0.15, 0.2) is 0 Å². The van der Waals surface area contributed by atoms with Gasteiger partial charge in [-0.05, 0) is 44.2 Å². The van der Waals surface area contributed by atoms with Gasteiger partial charge in [0, 0.05) is 0 Å². The van der Waals surface area contributed by atoms with Gasteiger partial charge in [0.05, 0.1) is 13.7 Å². The number of esters is 1. The molecule has 116 valence electrons. The van der Waals surface area contributed by atoms with Crippen LogP contribution in [0.1, 0.15) is 40.0 Å².